The lowest BCUT2D eigenvalue weighted by molar-refractivity contribution is -0.132. The van der Waals surface area contributed by atoms with Gasteiger partial charge in [-0.1, -0.05) is 11.6 Å². The van der Waals surface area contributed by atoms with Crippen molar-refractivity contribution < 1.29 is 9.53 Å². The number of ether oxygens (including phenoxy) is 1. The van der Waals surface area contributed by atoms with Gasteiger partial charge in [0.2, 0.25) is 5.91 Å². The number of nitrogens with zero attached hydrogens (tertiary/aromatic N) is 2. The number of nitrogens with one attached hydrogen (secondary N) is 1. The van der Waals surface area contributed by atoms with Crippen LogP contribution in [0.3, 0.4) is 0 Å². The van der Waals surface area contributed by atoms with E-state index < -0.39 is 11.7 Å². The number of benzene rings is 1. The number of nitriles is 1. The lowest BCUT2D eigenvalue weighted by atomic mass is 9.94. The zero-order valence-electron chi connectivity index (χ0n) is 14.5. The van der Waals surface area contributed by atoms with Gasteiger partial charge in [0.15, 0.2) is 0 Å². The number of H-pyrrole nitrogens is 1. The molecule has 0 saturated carbocycles. The average molecular weight is 372 g/mol. The van der Waals surface area contributed by atoms with Gasteiger partial charge in [-0.3, -0.25) is 9.59 Å². The van der Waals surface area contributed by atoms with E-state index in [1.807, 2.05) is 19.9 Å². The third-order valence-corrected chi connectivity index (χ3v) is 4.73. The molecular formula is C19H18ClN3O3. The zero-order valence-corrected chi connectivity index (χ0v) is 15.3. The minimum Gasteiger partial charge on any atom is -0.484 e. The Morgan fingerprint density at radius 3 is 2.73 bits per heavy atom. The van der Waals surface area contributed by atoms with Gasteiger partial charge in [-0.05, 0) is 38.1 Å². The first-order chi connectivity index (χ1) is 12.5. The van der Waals surface area contributed by atoms with Gasteiger partial charge in [-0.25, -0.2) is 0 Å². The molecule has 0 fully saturated rings. The van der Waals surface area contributed by atoms with Gasteiger partial charge in [-0.2, -0.15) is 5.26 Å². The Balaban J connectivity index is 2.10. The molecule has 1 aliphatic rings. The quantitative estimate of drug-likeness (QED) is 0.893. The fourth-order valence-electron chi connectivity index (χ4n) is 3.14. The summed E-state index contributed by atoms with van der Waals surface area (Å²) in [5.41, 5.74) is 1.29. The maximum atomic E-state index is 12.6. The van der Waals surface area contributed by atoms with E-state index in [1.165, 1.54) is 6.07 Å². The molecule has 1 aromatic heterocycles. The molecule has 1 atom stereocenters. The van der Waals surface area contributed by atoms with Crippen molar-refractivity contribution in [1.82, 2.24) is 9.88 Å². The molecule has 0 saturated heterocycles. The van der Waals surface area contributed by atoms with E-state index in [9.17, 15) is 14.9 Å². The first-order valence-electron chi connectivity index (χ1n) is 8.40. The van der Waals surface area contributed by atoms with Gasteiger partial charge in [-0.15, -0.1) is 0 Å². The summed E-state index contributed by atoms with van der Waals surface area (Å²) in [6, 6.07) is 8.48. The van der Waals surface area contributed by atoms with Crippen molar-refractivity contribution in [1.29, 1.82) is 5.26 Å². The van der Waals surface area contributed by atoms with Gasteiger partial charge >= 0.3 is 0 Å². The number of pyridine rings is 1. The lowest BCUT2D eigenvalue weighted by Crippen LogP contribution is -2.33. The molecule has 2 heterocycles. The van der Waals surface area contributed by atoms with Crippen LogP contribution >= 0.6 is 11.6 Å². The Morgan fingerprint density at radius 1 is 1.35 bits per heavy atom. The highest BCUT2D eigenvalue weighted by Gasteiger charge is 2.30. The second kappa shape index (κ2) is 7.22. The topological polar surface area (TPSA) is 86.2 Å². The molecule has 0 bridgehead atoms. The second-order valence-electron chi connectivity index (χ2n) is 5.97. The molecule has 134 valence electrons. The van der Waals surface area contributed by atoms with Gasteiger partial charge in [0.05, 0.1) is 12.1 Å². The van der Waals surface area contributed by atoms with E-state index in [0.717, 1.165) is 0 Å². The van der Waals surface area contributed by atoms with Gasteiger partial charge in [0.1, 0.15) is 23.5 Å². The van der Waals surface area contributed by atoms with Gasteiger partial charge in [0.25, 0.3) is 5.56 Å². The molecule has 1 aromatic carbocycles. The number of aromatic amines is 1. The van der Waals surface area contributed by atoms with E-state index >= 15 is 0 Å². The van der Waals surface area contributed by atoms with E-state index in [-0.39, 0.29) is 17.9 Å². The van der Waals surface area contributed by atoms with E-state index in [1.54, 1.807) is 23.1 Å². The maximum absolute atomic E-state index is 12.6. The fourth-order valence-corrected chi connectivity index (χ4v) is 3.31. The molecule has 7 heteroatoms. The highest BCUT2D eigenvalue weighted by molar-refractivity contribution is 6.31. The predicted octanol–water partition coefficient (Wildman–Crippen LogP) is 3.26. The molecule has 0 radical (unpaired) electrons. The van der Waals surface area contributed by atoms with Crippen LogP contribution in [0, 0.1) is 11.3 Å². The van der Waals surface area contributed by atoms with Crippen LogP contribution in [0.1, 0.15) is 37.5 Å². The second-order valence-corrected chi connectivity index (χ2v) is 6.41. The van der Waals surface area contributed by atoms with Crippen LogP contribution in [-0.4, -0.2) is 28.9 Å². The molecule has 0 spiro atoms. The van der Waals surface area contributed by atoms with Crippen molar-refractivity contribution in [3.8, 4) is 23.1 Å². The molecule has 1 N–H and O–H groups in total. The number of halogens is 1. The Bertz CT molecular complexity index is 957. The number of fused-ring (bicyclic) bond motifs is 3. The van der Waals surface area contributed by atoms with Gasteiger partial charge in [0, 0.05) is 29.2 Å². The van der Waals surface area contributed by atoms with Crippen LogP contribution in [-0.2, 0) is 4.79 Å². The molecule has 6 nitrogen and oxygen atoms in total. The number of carbonyl (C=O) groups excluding carboxylic acids is 1. The number of rotatable bonds is 4. The normalized spacial score (nSPS) is 14.6. The van der Waals surface area contributed by atoms with Gasteiger partial charge < -0.3 is 14.6 Å². The maximum Gasteiger partial charge on any atom is 0.266 e. The highest BCUT2D eigenvalue weighted by atomic mass is 35.5. The smallest absolute Gasteiger partial charge is 0.266 e. The van der Waals surface area contributed by atoms with Crippen molar-refractivity contribution in [2.24, 2.45) is 0 Å². The van der Waals surface area contributed by atoms with E-state index in [4.69, 9.17) is 16.3 Å². The summed E-state index contributed by atoms with van der Waals surface area (Å²) in [5, 5.41) is 9.69. The zero-order chi connectivity index (χ0) is 18.8. The van der Waals surface area contributed by atoms with Crippen molar-refractivity contribution in [2.75, 3.05) is 13.1 Å². The third-order valence-electron chi connectivity index (χ3n) is 4.50. The highest BCUT2D eigenvalue weighted by Crippen LogP contribution is 2.43. The number of amides is 1. The summed E-state index contributed by atoms with van der Waals surface area (Å²) >= 11 is 6.08. The molecule has 1 aliphatic heterocycles. The van der Waals surface area contributed by atoms with Crippen LogP contribution in [0.5, 0.6) is 5.75 Å². The summed E-state index contributed by atoms with van der Waals surface area (Å²) in [6.45, 7) is 5.05. The number of hydrogen-bond acceptors (Lipinski definition) is 4. The monoisotopic (exact) mass is 371 g/mol. The summed E-state index contributed by atoms with van der Waals surface area (Å²) < 4.78 is 6.02. The molecular weight excluding hydrogens is 354 g/mol. The molecule has 1 unspecified atom stereocenters. The Kier molecular flexibility index (Phi) is 5.01. The van der Waals surface area contributed by atoms with Crippen LogP contribution in [0.15, 0.2) is 29.1 Å². The predicted molar refractivity (Wildman–Crippen MR) is 98.1 cm³/mol. The largest absolute Gasteiger partial charge is 0.484 e. The number of carbonyl (C=O) groups is 1. The van der Waals surface area contributed by atoms with Crippen LogP contribution in [0.4, 0.5) is 0 Å². The van der Waals surface area contributed by atoms with E-state index in [2.05, 4.69) is 4.98 Å². The summed E-state index contributed by atoms with van der Waals surface area (Å²) in [4.78, 5) is 29.1. The molecule has 2 aromatic rings. The summed E-state index contributed by atoms with van der Waals surface area (Å²) in [5.74, 6) is 0.493. The van der Waals surface area contributed by atoms with Crippen molar-refractivity contribution >= 4 is 17.5 Å². The Morgan fingerprint density at radius 2 is 2.08 bits per heavy atom. The summed E-state index contributed by atoms with van der Waals surface area (Å²) in [6.07, 6.45) is -0.469. The summed E-state index contributed by atoms with van der Waals surface area (Å²) in [7, 11) is 0. The van der Waals surface area contributed by atoms with Crippen LogP contribution < -0.4 is 10.3 Å². The Hall–Kier alpha value is -2.78. The Labute approximate surface area is 156 Å². The SMILES string of the molecule is CCN(CC)C(=O)CC1Oc2ccc(Cl)cc2-c2[nH]c(=O)c(C#N)cc21. The van der Waals surface area contributed by atoms with E-state index in [0.29, 0.717) is 40.7 Å². The minimum atomic E-state index is -0.587. The van der Waals surface area contributed by atoms with Crippen molar-refractivity contribution in [3.05, 3.63) is 50.8 Å². The molecule has 1 amide bonds. The van der Waals surface area contributed by atoms with Crippen LogP contribution in [0.25, 0.3) is 11.3 Å². The van der Waals surface area contributed by atoms with Crippen LogP contribution in [0.2, 0.25) is 5.02 Å². The minimum absolute atomic E-state index is 0.0156. The first kappa shape index (κ1) is 18.0. The number of hydrogen-bond donors (Lipinski definition) is 1. The lowest BCUT2D eigenvalue weighted by Gasteiger charge is -2.30. The third kappa shape index (κ3) is 3.18. The molecule has 3 rings (SSSR count). The average Bonchev–Trinajstić information content (AvgIpc) is 2.63. The molecule has 26 heavy (non-hydrogen) atoms. The molecule has 0 aliphatic carbocycles. The standard InChI is InChI=1S/C19H18ClN3O3/c1-3-23(4-2)17(24)9-16-13-7-11(10-21)19(25)22-18(13)14-8-12(20)5-6-15(14)26-16/h5-8,16H,3-4,9H2,1-2H3,(H,22,25). The number of aromatic nitrogens is 1. The van der Waals surface area contributed by atoms with Crippen molar-refractivity contribution in [3.63, 3.8) is 0 Å². The van der Waals surface area contributed by atoms with Crippen molar-refractivity contribution in [2.45, 2.75) is 26.4 Å². The fraction of sp³-hybridized carbons (Fsp3) is 0.316. The first-order valence-corrected chi connectivity index (χ1v) is 8.77.